The molecule has 2 aliphatic rings. The van der Waals surface area contributed by atoms with E-state index in [9.17, 15) is 23.7 Å². The van der Waals surface area contributed by atoms with Gasteiger partial charge in [0.25, 0.3) is 11.6 Å². The number of aromatic nitrogens is 3. The number of β-lactam (4-membered cyclic amide) rings is 1. The van der Waals surface area contributed by atoms with Crippen molar-refractivity contribution in [1.29, 1.82) is 0 Å². The number of methoxy groups -OCH3 is 1. The third-order valence-corrected chi connectivity index (χ3v) is 7.11. The molecule has 1 saturated heterocycles. The minimum Gasteiger partial charge on any atom is -0.477 e. The van der Waals surface area contributed by atoms with Crippen LogP contribution in [-0.4, -0.2) is 89.1 Å². The van der Waals surface area contributed by atoms with Crippen LogP contribution in [0.4, 0.5) is 0 Å². The van der Waals surface area contributed by atoms with E-state index in [2.05, 4.69) is 20.7 Å². The van der Waals surface area contributed by atoms with Gasteiger partial charge in [-0.3, -0.25) is 18.7 Å². The molecular formula is C14H17N5O6S3. The van der Waals surface area contributed by atoms with Crippen molar-refractivity contribution in [2.75, 3.05) is 30.6 Å². The number of nitrogens with zero attached hydrogens (tertiary/aromatic N) is 3. The Kier molecular flexibility index (Phi) is 6.12. The SMILES string of the molecule is CO[C@@]1(NC(=O)CS(C)=O)C(=O)N2C(C(=O)O)=C(CSc3cn[nH]n3)CS[C@H]21. The highest BCUT2D eigenvalue weighted by molar-refractivity contribution is 8.01. The summed E-state index contributed by atoms with van der Waals surface area (Å²) < 4.78 is 16.6. The summed E-state index contributed by atoms with van der Waals surface area (Å²) in [5, 5.41) is 22.1. The molecule has 0 radical (unpaired) electrons. The maximum Gasteiger partial charge on any atom is 0.352 e. The van der Waals surface area contributed by atoms with E-state index in [-0.39, 0.29) is 11.4 Å². The second-order valence-electron chi connectivity index (χ2n) is 5.90. The van der Waals surface area contributed by atoms with Crippen molar-refractivity contribution in [3.63, 3.8) is 0 Å². The van der Waals surface area contributed by atoms with Crippen molar-refractivity contribution in [2.24, 2.45) is 0 Å². The summed E-state index contributed by atoms with van der Waals surface area (Å²) in [4.78, 5) is 37.9. The molecule has 1 aromatic heterocycles. The lowest BCUT2D eigenvalue weighted by Gasteiger charge is -2.55. The van der Waals surface area contributed by atoms with Crippen LogP contribution in [0.1, 0.15) is 0 Å². The van der Waals surface area contributed by atoms with Crippen molar-refractivity contribution < 1.29 is 28.4 Å². The highest BCUT2D eigenvalue weighted by Crippen LogP contribution is 2.47. The lowest BCUT2D eigenvalue weighted by atomic mass is 9.98. The van der Waals surface area contributed by atoms with Crippen LogP contribution in [0.15, 0.2) is 22.5 Å². The molecule has 3 heterocycles. The van der Waals surface area contributed by atoms with Gasteiger partial charge in [0.2, 0.25) is 5.91 Å². The fourth-order valence-corrected chi connectivity index (χ4v) is 5.71. The third kappa shape index (κ3) is 3.68. The number of hydrogen-bond donors (Lipinski definition) is 3. The molecule has 2 amide bonds. The van der Waals surface area contributed by atoms with Gasteiger partial charge in [0, 0.05) is 35.7 Å². The minimum atomic E-state index is -1.67. The topological polar surface area (TPSA) is 155 Å². The first-order chi connectivity index (χ1) is 13.3. The normalized spacial score (nSPS) is 25.1. The highest BCUT2D eigenvalue weighted by atomic mass is 32.2. The van der Waals surface area contributed by atoms with Gasteiger partial charge in [0.05, 0.1) is 6.20 Å². The van der Waals surface area contributed by atoms with Gasteiger partial charge in [-0.25, -0.2) is 4.79 Å². The van der Waals surface area contributed by atoms with Crippen LogP contribution in [0.3, 0.4) is 0 Å². The van der Waals surface area contributed by atoms with Crippen molar-refractivity contribution in [1.82, 2.24) is 25.6 Å². The molecule has 1 unspecified atom stereocenters. The molecule has 0 bridgehead atoms. The van der Waals surface area contributed by atoms with E-state index in [1.807, 2.05) is 0 Å². The number of ether oxygens (including phenoxy) is 1. The van der Waals surface area contributed by atoms with Crippen molar-refractivity contribution >= 4 is 52.1 Å². The molecule has 0 aromatic carbocycles. The van der Waals surface area contributed by atoms with E-state index >= 15 is 0 Å². The first-order valence-corrected chi connectivity index (χ1v) is 11.6. The van der Waals surface area contributed by atoms with Gasteiger partial charge >= 0.3 is 5.97 Å². The molecule has 0 spiro atoms. The maximum atomic E-state index is 12.8. The van der Waals surface area contributed by atoms with Crippen LogP contribution in [0, 0.1) is 0 Å². The second-order valence-corrected chi connectivity index (χ2v) is 9.40. The molecule has 1 aromatic rings. The number of rotatable bonds is 8. The lowest BCUT2D eigenvalue weighted by Crippen LogP contribution is -2.80. The Hall–Kier alpha value is -1.90. The average molecular weight is 448 g/mol. The molecule has 1 fully saturated rings. The predicted octanol–water partition coefficient (Wildman–Crippen LogP) is -1.01. The van der Waals surface area contributed by atoms with Crippen LogP contribution in [0.5, 0.6) is 0 Å². The number of carboxylic acid groups (broad SMARTS) is 1. The van der Waals surface area contributed by atoms with Gasteiger partial charge in [0.1, 0.15) is 21.8 Å². The number of aromatic amines is 1. The molecule has 11 nitrogen and oxygen atoms in total. The Balaban J connectivity index is 1.82. The number of carboxylic acids is 1. The number of fused-ring (bicyclic) bond motifs is 1. The van der Waals surface area contributed by atoms with Crippen LogP contribution in [0.2, 0.25) is 0 Å². The fraction of sp³-hybridized carbons (Fsp3) is 0.500. The number of thioether (sulfide) groups is 2. The number of H-pyrrole nitrogens is 1. The Labute approximate surface area is 170 Å². The predicted molar refractivity (Wildman–Crippen MR) is 102 cm³/mol. The molecule has 3 rings (SSSR count). The number of nitrogens with one attached hydrogen (secondary N) is 2. The Morgan fingerprint density at radius 2 is 2.36 bits per heavy atom. The smallest absolute Gasteiger partial charge is 0.352 e. The molecule has 28 heavy (non-hydrogen) atoms. The van der Waals surface area contributed by atoms with Crippen molar-refractivity contribution in [2.45, 2.75) is 16.1 Å². The van der Waals surface area contributed by atoms with Crippen LogP contribution >= 0.6 is 23.5 Å². The average Bonchev–Trinajstić information content (AvgIpc) is 3.16. The van der Waals surface area contributed by atoms with Crippen LogP contribution in [-0.2, 0) is 29.9 Å². The fourth-order valence-electron chi connectivity index (χ4n) is 2.90. The third-order valence-electron chi connectivity index (χ3n) is 4.08. The zero-order valence-corrected chi connectivity index (χ0v) is 17.3. The zero-order valence-electron chi connectivity index (χ0n) is 14.8. The molecule has 0 saturated carbocycles. The van der Waals surface area contributed by atoms with E-state index < -0.39 is 39.7 Å². The molecule has 3 N–H and O–H groups in total. The number of carbonyl (C=O) groups excluding carboxylic acids is 2. The second kappa shape index (κ2) is 8.23. The van der Waals surface area contributed by atoms with E-state index in [4.69, 9.17) is 4.74 Å². The van der Waals surface area contributed by atoms with Gasteiger partial charge in [-0.1, -0.05) is 11.8 Å². The zero-order chi connectivity index (χ0) is 20.5. The van der Waals surface area contributed by atoms with Gasteiger partial charge in [-0.15, -0.1) is 16.9 Å². The monoisotopic (exact) mass is 447 g/mol. The molecule has 14 heteroatoms. The van der Waals surface area contributed by atoms with E-state index in [0.717, 1.165) is 4.90 Å². The van der Waals surface area contributed by atoms with E-state index in [1.165, 1.54) is 43.1 Å². The summed E-state index contributed by atoms with van der Waals surface area (Å²) in [6, 6.07) is 0. The summed E-state index contributed by atoms with van der Waals surface area (Å²) in [5.41, 5.74) is -1.24. The Morgan fingerprint density at radius 1 is 1.61 bits per heavy atom. The first-order valence-electron chi connectivity index (χ1n) is 7.85. The summed E-state index contributed by atoms with van der Waals surface area (Å²) in [5.74, 6) is -2.15. The van der Waals surface area contributed by atoms with Crippen LogP contribution in [0.25, 0.3) is 0 Å². The standard InChI is InChI=1S/C14H17N5O6S3/c1-25-14(16-8(20)6-28(2)24)12(23)19-10(11(21)22)7(5-27-13(14)19)4-26-9-3-15-18-17-9/h3,13H,4-6H2,1-2H3,(H,16,20)(H,21,22)(H,15,17,18)/t13-,14-,28?/m0/s1. The van der Waals surface area contributed by atoms with Crippen molar-refractivity contribution in [3.05, 3.63) is 17.5 Å². The summed E-state index contributed by atoms with van der Waals surface area (Å²) in [6.45, 7) is 0. The molecule has 0 aliphatic carbocycles. The quantitative estimate of drug-likeness (QED) is 0.256. The molecule has 152 valence electrons. The van der Waals surface area contributed by atoms with Gasteiger partial charge in [0.15, 0.2) is 0 Å². The molecule has 3 atom stereocenters. The molecule has 2 aliphatic heterocycles. The largest absolute Gasteiger partial charge is 0.477 e. The first kappa shape index (κ1) is 20.8. The lowest BCUT2D eigenvalue weighted by molar-refractivity contribution is -0.192. The van der Waals surface area contributed by atoms with Gasteiger partial charge < -0.3 is 15.2 Å². The maximum absolute atomic E-state index is 12.8. The highest BCUT2D eigenvalue weighted by Gasteiger charge is 2.66. The number of hydrogen-bond acceptors (Lipinski definition) is 9. The number of aliphatic carboxylic acids is 1. The minimum absolute atomic E-state index is 0.120. The van der Waals surface area contributed by atoms with Gasteiger partial charge in [-0.05, 0) is 5.57 Å². The number of carbonyl (C=O) groups is 3. The Bertz CT molecular complexity index is 860. The van der Waals surface area contributed by atoms with Gasteiger partial charge in [-0.2, -0.15) is 10.3 Å². The van der Waals surface area contributed by atoms with E-state index in [1.54, 1.807) is 0 Å². The van der Waals surface area contributed by atoms with Crippen LogP contribution < -0.4 is 5.32 Å². The summed E-state index contributed by atoms with van der Waals surface area (Å²) in [7, 11) is -0.125. The van der Waals surface area contributed by atoms with E-state index in [0.29, 0.717) is 22.1 Å². The number of amides is 2. The summed E-state index contributed by atoms with van der Waals surface area (Å²) >= 11 is 2.58. The molecular weight excluding hydrogens is 430 g/mol. The Morgan fingerprint density at radius 3 is 2.93 bits per heavy atom. The summed E-state index contributed by atoms with van der Waals surface area (Å²) in [6.07, 6.45) is 2.88. The van der Waals surface area contributed by atoms with Crippen molar-refractivity contribution in [3.8, 4) is 0 Å².